The Kier molecular flexibility index (Phi) is 6.76. The van der Waals surface area contributed by atoms with Crippen molar-refractivity contribution in [1.29, 1.82) is 0 Å². The second-order valence-corrected chi connectivity index (χ2v) is 8.15. The predicted molar refractivity (Wildman–Crippen MR) is 126 cm³/mol. The zero-order valence-corrected chi connectivity index (χ0v) is 18.5. The van der Waals surface area contributed by atoms with Crippen molar-refractivity contribution in [2.45, 2.75) is 18.1 Å². The molecule has 10 nitrogen and oxygen atoms in total. The topological polar surface area (TPSA) is 165 Å². The molecule has 3 aromatic carbocycles. The first-order valence-electron chi connectivity index (χ1n) is 10.8. The van der Waals surface area contributed by atoms with Crippen LogP contribution in [0.25, 0.3) is 11.1 Å². The van der Waals surface area contributed by atoms with Crippen LogP contribution in [0.2, 0.25) is 0 Å². The molecule has 0 fully saturated rings. The maximum atomic E-state index is 12.3. The summed E-state index contributed by atoms with van der Waals surface area (Å²) in [7, 11) is 0. The van der Waals surface area contributed by atoms with E-state index in [1.807, 2.05) is 48.5 Å². The highest BCUT2D eigenvalue weighted by molar-refractivity contribution is 5.93. The molecule has 0 radical (unpaired) electrons. The molecule has 3 aromatic rings. The van der Waals surface area contributed by atoms with Gasteiger partial charge in [-0.3, -0.25) is 14.9 Å². The molecule has 0 aromatic heterocycles. The molecular formula is C25H23N3O7. The molecule has 10 heteroatoms. The second-order valence-electron chi connectivity index (χ2n) is 8.15. The van der Waals surface area contributed by atoms with E-state index in [-0.39, 0.29) is 23.7 Å². The maximum Gasteiger partial charge on any atom is 0.407 e. The monoisotopic (exact) mass is 477 g/mol. The number of primary amides is 1. The normalized spacial score (nSPS) is 13.9. The Balaban J connectivity index is 1.37. The van der Waals surface area contributed by atoms with Crippen LogP contribution in [0.4, 0.5) is 10.5 Å². The molecule has 180 valence electrons. The minimum Gasteiger partial charge on any atom is -0.449 e. The number of hydrogen-bond donors (Lipinski definition) is 4. The molecule has 4 rings (SSSR count). The van der Waals surface area contributed by atoms with Crippen molar-refractivity contribution in [2.75, 3.05) is 13.2 Å². The largest absolute Gasteiger partial charge is 0.449 e. The molecule has 2 amide bonds. The molecule has 0 bridgehead atoms. The minimum atomic E-state index is -1.62. The van der Waals surface area contributed by atoms with E-state index >= 15 is 0 Å². The van der Waals surface area contributed by atoms with Gasteiger partial charge in [-0.15, -0.1) is 0 Å². The summed E-state index contributed by atoms with van der Waals surface area (Å²) in [6, 6.07) is 18.9. The van der Waals surface area contributed by atoms with Crippen LogP contribution < -0.4 is 11.1 Å². The third-order valence-electron chi connectivity index (χ3n) is 5.94. The van der Waals surface area contributed by atoms with Crippen molar-refractivity contribution in [3.8, 4) is 11.1 Å². The molecule has 0 heterocycles. The third kappa shape index (κ3) is 4.98. The number of carbonyl (C=O) groups is 2. The van der Waals surface area contributed by atoms with Crippen LogP contribution in [0.1, 0.15) is 39.1 Å². The molecule has 35 heavy (non-hydrogen) atoms. The molecular weight excluding hydrogens is 454 g/mol. The van der Waals surface area contributed by atoms with Gasteiger partial charge in [0.25, 0.3) is 5.69 Å². The molecule has 0 spiro atoms. The number of carbonyl (C=O) groups excluding carboxylic acids is 2. The van der Waals surface area contributed by atoms with Crippen LogP contribution in [0.3, 0.4) is 0 Å². The molecule has 0 saturated heterocycles. The Morgan fingerprint density at radius 3 is 2.20 bits per heavy atom. The summed E-state index contributed by atoms with van der Waals surface area (Å²) in [4.78, 5) is 34.1. The van der Waals surface area contributed by atoms with Crippen molar-refractivity contribution in [1.82, 2.24) is 5.32 Å². The fraction of sp³-hybridized carbons (Fsp3) is 0.200. The number of non-ortho nitro benzene ring substituents is 1. The Bertz CT molecular complexity index is 1220. The van der Waals surface area contributed by atoms with Gasteiger partial charge in [-0.25, -0.2) is 4.79 Å². The van der Waals surface area contributed by atoms with Crippen molar-refractivity contribution >= 4 is 17.7 Å². The Hall–Kier alpha value is -4.28. The molecule has 0 saturated carbocycles. The summed E-state index contributed by atoms with van der Waals surface area (Å²) in [5.74, 6) is -1.06. The molecule has 2 atom stereocenters. The van der Waals surface area contributed by atoms with Gasteiger partial charge in [0.1, 0.15) is 18.8 Å². The second kappa shape index (κ2) is 9.92. The summed E-state index contributed by atoms with van der Waals surface area (Å²) < 4.78 is 5.38. The molecule has 2 unspecified atom stereocenters. The van der Waals surface area contributed by atoms with Crippen LogP contribution in [0, 0.1) is 10.1 Å². The molecule has 5 N–H and O–H groups in total. The van der Waals surface area contributed by atoms with Crippen molar-refractivity contribution in [2.24, 2.45) is 5.73 Å². The lowest BCUT2D eigenvalue weighted by molar-refractivity contribution is -0.385. The lowest BCUT2D eigenvalue weighted by atomic mass is 9.98. The average Bonchev–Trinajstić information content (AvgIpc) is 3.18. The number of rotatable bonds is 8. The summed E-state index contributed by atoms with van der Waals surface area (Å²) in [6.07, 6.45) is -3.95. The van der Waals surface area contributed by atoms with Gasteiger partial charge < -0.3 is 26.0 Å². The van der Waals surface area contributed by atoms with Gasteiger partial charge >= 0.3 is 6.09 Å². The Labute approximate surface area is 200 Å². The van der Waals surface area contributed by atoms with Gasteiger partial charge in [0, 0.05) is 30.2 Å². The van der Waals surface area contributed by atoms with E-state index in [2.05, 4.69) is 5.32 Å². The van der Waals surface area contributed by atoms with Gasteiger partial charge in [0.2, 0.25) is 5.91 Å². The number of ether oxygens (including phenoxy) is 1. The summed E-state index contributed by atoms with van der Waals surface area (Å²) in [6.45, 7) is -0.322. The quantitative estimate of drug-likeness (QED) is 0.286. The SMILES string of the molecule is NC(=O)c1cc(C(O)C(O)CNC(=O)OCC2c3ccccc3-c3ccccc32)cc([N+](=O)[O-])c1. The van der Waals surface area contributed by atoms with Crippen LogP contribution in [0.15, 0.2) is 66.7 Å². The first-order chi connectivity index (χ1) is 16.8. The number of benzene rings is 3. The van der Waals surface area contributed by atoms with Crippen molar-refractivity contribution < 1.29 is 29.5 Å². The zero-order valence-electron chi connectivity index (χ0n) is 18.5. The number of nitro groups is 1. The number of fused-ring (bicyclic) bond motifs is 3. The van der Waals surface area contributed by atoms with Gasteiger partial charge in [0.15, 0.2) is 0 Å². The minimum absolute atomic E-state index is 0.0748. The zero-order chi connectivity index (χ0) is 25.1. The third-order valence-corrected chi connectivity index (χ3v) is 5.94. The first-order valence-corrected chi connectivity index (χ1v) is 10.8. The lowest BCUT2D eigenvalue weighted by Gasteiger charge is -2.19. The van der Waals surface area contributed by atoms with Crippen LogP contribution in [-0.4, -0.2) is 46.4 Å². The number of nitro benzene ring substituents is 1. The molecule has 1 aliphatic rings. The highest BCUT2D eigenvalue weighted by atomic mass is 16.6. The van der Waals surface area contributed by atoms with Crippen LogP contribution in [0.5, 0.6) is 0 Å². The Morgan fingerprint density at radius 1 is 1.03 bits per heavy atom. The standard InChI is InChI=1S/C25H23N3O7/c26-24(31)15-9-14(10-16(11-15)28(33)34)23(30)22(29)12-27-25(32)35-13-21-19-7-3-1-5-17(19)18-6-2-4-8-20(18)21/h1-11,21-23,29-30H,12-13H2,(H2,26,31)(H,27,32). The highest BCUT2D eigenvalue weighted by Gasteiger charge is 2.29. The number of amides is 2. The number of hydrogen-bond acceptors (Lipinski definition) is 7. The average molecular weight is 477 g/mol. The van der Waals surface area contributed by atoms with E-state index in [9.17, 15) is 29.9 Å². The van der Waals surface area contributed by atoms with E-state index < -0.39 is 41.4 Å². The van der Waals surface area contributed by atoms with E-state index in [0.29, 0.717) is 0 Å². The smallest absolute Gasteiger partial charge is 0.407 e. The van der Waals surface area contributed by atoms with Gasteiger partial charge in [-0.05, 0) is 33.9 Å². The van der Waals surface area contributed by atoms with Crippen LogP contribution in [-0.2, 0) is 4.74 Å². The number of aliphatic hydroxyl groups is 2. The predicted octanol–water partition coefficient (Wildman–Crippen LogP) is 2.63. The Morgan fingerprint density at radius 2 is 1.63 bits per heavy atom. The number of nitrogens with one attached hydrogen (secondary N) is 1. The summed E-state index contributed by atoms with van der Waals surface area (Å²) in [5.41, 5.74) is 8.72. The van der Waals surface area contributed by atoms with Gasteiger partial charge in [0.05, 0.1) is 4.92 Å². The van der Waals surface area contributed by atoms with E-state index in [4.69, 9.17) is 10.5 Å². The maximum absolute atomic E-state index is 12.3. The summed E-state index contributed by atoms with van der Waals surface area (Å²) in [5, 5.41) is 34.2. The summed E-state index contributed by atoms with van der Waals surface area (Å²) >= 11 is 0. The highest BCUT2D eigenvalue weighted by Crippen LogP contribution is 2.44. The fourth-order valence-electron chi connectivity index (χ4n) is 4.22. The lowest BCUT2D eigenvalue weighted by Crippen LogP contribution is -2.36. The first kappa shape index (κ1) is 23.9. The number of nitrogens with two attached hydrogens (primary N) is 1. The van der Waals surface area contributed by atoms with Gasteiger partial charge in [-0.2, -0.15) is 0 Å². The van der Waals surface area contributed by atoms with E-state index in [0.717, 1.165) is 40.5 Å². The number of alkyl carbamates (subject to hydrolysis) is 1. The van der Waals surface area contributed by atoms with Crippen LogP contribution >= 0.6 is 0 Å². The van der Waals surface area contributed by atoms with Crippen molar-refractivity contribution in [3.63, 3.8) is 0 Å². The van der Waals surface area contributed by atoms with E-state index in [1.54, 1.807) is 0 Å². The fourth-order valence-corrected chi connectivity index (χ4v) is 4.22. The molecule has 0 aliphatic heterocycles. The number of aliphatic hydroxyl groups excluding tert-OH is 2. The number of nitrogens with zero attached hydrogens (tertiary/aromatic N) is 1. The van der Waals surface area contributed by atoms with Crippen molar-refractivity contribution in [3.05, 3.63) is 99.1 Å². The van der Waals surface area contributed by atoms with Gasteiger partial charge in [-0.1, -0.05) is 48.5 Å². The molecule has 1 aliphatic carbocycles. The van der Waals surface area contributed by atoms with E-state index in [1.165, 1.54) is 0 Å².